The molecule has 1 atom stereocenters. The first kappa shape index (κ1) is 10.3. The Morgan fingerprint density at radius 3 is 3.12 bits per heavy atom. The van der Waals surface area contributed by atoms with Gasteiger partial charge in [-0.1, -0.05) is 6.07 Å². The Morgan fingerprint density at radius 1 is 1.53 bits per heavy atom. The molecule has 0 aliphatic carbocycles. The van der Waals surface area contributed by atoms with Gasteiger partial charge in [0.05, 0.1) is 17.0 Å². The van der Waals surface area contributed by atoms with E-state index in [0.717, 1.165) is 41.8 Å². The number of rotatable bonds is 2. The second-order valence-electron chi connectivity index (χ2n) is 4.59. The van der Waals surface area contributed by atoms with Gasteiger partial charge in [-0.05, 0) is 31.0 Å². The van der Waals surface area contributed by atoms with Crippen molar-refractivity contribution in [2.75, 3.05) is 0 Å². The highest BCUT2D eigenvalue weighted by atomic mass is 16.4. The molecule has 0 bridgehead atoms. The maximum atomic E-state index is 11.0. The van der Waals surface area contributed by atoms with Crippen LogP contribution < -0.4 is 0 Å². The average molecular weight is 230 g/mol. The standard InChI is InChI=1S/C13H14N2O2/c1-8(13(16)17)9-4-5-10-11(7-9)15-6-2-3-12(15)14-10/h4-5,7-8H,2-3,6H2,1H3,(H,16,17). The van der Waals surface area contributed by atoms with Crippen LogP contribution in [0.4, 0.5) is 0 Å². The minimum Gasteiger partial charge on any atom is -0.481 e. The smallest absolute Gasteiger partial charge is 0.310 e. The van der Waals surface area contributed by atoms with Gasteiger partial charge in [0.15, 0.2) is 0 Å². The number of aromatic nitrogens is 2. The van der Waals surface area contributed by atoms with Crippen molar-refractivity contribution in [2.45, 2.75) is 32.2 Å². The first-order valence-electron chi connectivity index (χ1n) is 5.88. The number of hydrogen-bond acceptors (Lipinski definition) is 2. The van der Waals surface area contributed by atoms with Crippen molar-refractivity contribution in [3.63, 3.8) is 0 Å². The van der Waals surface area contributed by atoms with Gasteiger partial charge < -0.3 is 9.67 Å². The Bertz CT molecular complexity index is 601. The molecule has 0 spiro atoms. The highest BCUT2D eigenvalue weighted by Crippen LogP contribution is 2.26. The monoisotopic (exact) mass is 230 g/mol. The summed E-state index contributed by atoms with van der Waals surface area (Å²) in [6, 6.07) is 5.76. The third-order valence-corrected chi connectivity index (χ3v) is 3.50. The van der Waals surface area contributed by atoms with Gasteiger partial charge in [-0.15, -0.1) is 0 Å². The van der Waals surface area contributed by atoms with Gasteiger partial charge in [0.1, 0.15) is 5.82 Å². The first-order valence-corrected chi connectivity index (χ1v) is 5.88. The van der Waals surface area contributed by atoms with Crippen LogP contribution in [0.5, 0.6) is 0 Å². The topological polar surface area (TPSA) is 55.1 Å². The van der Waals surface area contributed by atoms with Crippen LogP contribution in [-0.4, -0.2) is 20.6 Å². The largest absolute Gasteiger partial charge is 0.481 e. The molecule has 1 unspecified atom stereocenters. The molecule has 1 N–H and O–H groups in total. The van der Waals surface area contributed by atoms with Crippen molar-refractivity contribution in [1.82, 2.24) is 9.55 Å². The second-order valence-corrected chi connectivity index (χ2v) is 4.59. The SMILES string of the molecule is CC(C(=O)O)c1ccc2nc3n(c2c1)CCC3. The fourth-order valence-corrected chi connectivity index (χ4v) is 2.44. The van der Waals surface area contributed by atoms with E-state index in [1.165, 1.54) is 0 Å². The number of carboxylic acid groups (broad SMARTS) is 1. The lowest BCUT2D eigenvalue weighted by Gasteiger charge is -2.07. The van der Waals surface area contributed by atoms with E-state index in [9.17, 15) is 4.79 Å². The van der Waals surface area contributed by atoms with Crippen molar-refractivity contribution in [1.29, 1.82) is 0 Å². The molecule has 4 heteroatoms. The number of benzene rings is 1. The molecule has 0 saturated carbocycles. The molecular formula is C13H14N2O2. The maximum Gasteiger partial charge on any atom is 0.310 e. The summed E-state index contributed by atoms with van der Waals surface area (Å²) in [5.41, 5.74) is 2.89. The summed E-state index contributed by atoms with van der Waals surface area (Å²) >= 11 is 0. The van der Waals surface area contributed by atoms with Crippen molar-refractivity contribution < 1.29 is 9.90 Å². The Balaban J connectivity index is 2.15. The van der Waals surface area contributed by atoms with Crippen LogP contribution in [0.2, 0.25) is 0 Å². The lowest BCUT2D eigenvalue weighted by Crippen LogP contribution is -2.07. The highest BCUT2D eigenvalue weighted by Gasteiger charge is 2.19. The van der Waals surface area contributed by atoms with E-state index in [2.05, 4.69) is 9.55 Å². The fraction of sp³-hybridized carbons (Fsp3) is 0.385. The Hall–Kier alpha value is -1.84. The van der Waals surface area contributed by atoms with Crippen LogP contribution in [0.25, 0.3) is 11.0 Å². The molecule has 1 aromatic carbocycles. The zero-order valence-corrected chi connectivity index (χ0v) is 9.68. The van der Waals surface area contributed by atoms with E-state index in [4.69, 9.17) is 5.11 Å². The maximum absolute atomic E-state index is 11.0. The van der Waals surface area contributed by atoms with E-state index in [1.807, 2.05) is 18.2 Å². The summed E-state index contributed by atoms with van der Waals surface area (Å²) in [7, 11) is 0. The van der Waals surface area contributed by atoms with Gasteiger partial charge >= 0.3 is 5.97 Å². The molecule has 3 rings (SSSR count). The summed E-state index contributed by atoms with van der Waals surface area (Å²) in [6.45, 7) is 2.71. The zero-order chi connectivity index (χ0) is 12.0. The van der Waals surface area contributed by atoms with Crippen molar-refractivity contribution in [3.8, 4) is 0 Å². The normalized spacial score (nSPS) is 16.1. The van der Waals surface area contributed by atoms with E-state index < -0.39 is 11.9 Å². The van der Waals surface area contributed by atoms with Gasteiger partial charge in [-0.25, -0.2) is 4.98 Å². The number of carbonyl (C=O) groups is 1. The summed E-state index contributed by atoms with van der Waals surface area (Å²) in [6.07, 6.45) is 2.16. The van der Waals surface area contributed by atoms with Crippen LogP contribution in [0.15, 0.2) is 18.2 Å². The van der Waals surface area contributed by atoms with E-state index in [-0.39, 0.29) is 0 Å². The van der Waals surface area contributed by atoms with Crippen molar-refractivity contribution in [2.24, 2.45) is 0 Å². The molecule has 0 saturated heterocycles. The van der Waals surface area contributed by atoms with Gasteiger partial charge in [0.2, 0.25) is 0 Å². The molecule has 17 heavy (non-hydrogen) atoms. The summed E-state index contributed by atoms with van der Waals surface area (Å²) in [4.78, 5) is 15.5. The second kappa shape index (κ2) is 3.58. The number of aryl methyl sites for hydroxylation is 2. The molecule has 1 aliphatic rings. The number of nitrogens with zero attached hydrogens (tertiary/aromatic N) is 2. The minimum atomic E-state index is -0.787. The van der Waals surface area contributed by atoms with Crippen LogP contribution >= 0.6 is 0 Å². The number of carboxylic acids is 1. The predicted molar refractivity (Wildman–Crippen MR) is 64.1 cm³/mol. The molecule has 0 fully saturated rings. The molecule has 4 nitrogen and oxygen atoms in total. The molecule has 1 aliphatic heterocycles. The number of fused-ring (bicyclic) bond motifs is 3. The molecule has 88 valence electrons. The zero-order valence-electron chi connectivity index (χ0n) is 9.68. The summed E-state index contributed by atoms with van der Waals surface area (Å²) in [5.74, 6) is -0.127. The first-order chi connectivity index (χ1) is 8.16. The van der Waals surface area contributed by atoms with Crippen LogP contribution in [-0.2, 0) is 17.8 Å². The van der Waals surface area contributed by atoms with E-state index >= 15 is 0 Å². The number of imidazole rings is 1. The Kier molecular flexibility index (Phi) is 2.18. The Labute approximate surface area is 98.9 Å². The summed E-state index contributed by atoms with van der Waals surface area (Å²) in [5, 5.41) is 9.03. The van der Waals surface area contributed by atoms with Crippen LogP contribution in [0, 0.1) is 0 Å². The molecular weight excluding hydrogens is 216 g/mol. The van der Waals surface area contributed by atoms with Gasteiger partial charge in [-0.2, -0.15) is 0 Å². The highest BCUT2D eigenvalue weighted by molar-refractivity contribution is 5.81. The fourth-order valence-electron chi connectivity index (χ4n) is 2.44. The van der Waals surface area contributed by atoms with Gasteiger partial charge in [-0.3, -0.25) is 4.79 Å². The quantitative estimate of drug-likeness (QED) is 0.860. The van der Waals surface area contributed by atoms with Gasteiger partial charge in [0.25, 0.3) is 0 Å². The lowest BCUT2D eigenvalue weighted by atomic mass is 10.0. The Morgan fingerprint density at radius 2 is 2.35 bits per heavy atom. The van der Waals surface area contributed by atoms with Crippen LogP contribution in [0.1, 0.15) is 30.7 Å². The van der Waals surface area contributed by atoms with Crippen LogP contribution in [0.3, 0.4) is 0 Å². The van der Waals surface area contributed by atoms with E-state index in [0.29, 0.717) is 0 Å². The third-order valence-electron chi connectivity index (χ3n) is 3.50. The van der Waals surface area contributed by atoms with Gasteiger partial charge in [0, 0.05) is 13.0 Å². The molecule has 2 heterocycles. The molecule has 0 amide bonds. The number of aliphatic carboxylic acids is 1. The number of hydrogen-bond donors (Lipinski definition) is 1. The van der Waals surface area contributed by atoms with Crippen molar-refractivity contribution >= 4 is 17.0 Å². The predicted octanol–water partition coefficient (Wildman–Crippen LogP) is 2.17. The lowest BCUT2D eigenvalue weighted by molar-refractivity contribution is -0.138. The molecule has 2 aromatic rings. The molecule has 0 radical (unpaired) electrons. The third kappa shape index (κ3) is 1.52. The molecule has 1 aromatic heterocycles. The average Bonchev–Trinajstić information content (AvgIpc) is 2.87. The minimum absolute atomic E-state index is 0.466. The van der Waals surface area contributed by atoms with E-state index in [1.54, 1.807) is 6.92 Å². The summed E-state index contributed by atoms with van der Waals surface area (Å²) < 4.78 is 2.20. The van der Waals surface area contributed by atoms with Crippen molar-refractivity contribution in [3.05, 3.63) is 29.6 Å².